The molecular formula is C12H14ClFN2O3. The molecule has 7 heteroatoms. The molecule has 0 atom stereocenters. The van der Waals surface area contributed by atoms with Gasteiger partial charge in [0, 0.05) is 13.1 Å². The summed E-state index contributed by atoms with van der Waals surface area (Å²) in [6, 6.07) is 3.10. The first-order chi connectivity index (χ1) is 8.93. The molecule has 0 fully saturated rings. The van der Waals surface area contributed by atoms with Crippen molar-refractivity contribution in [2.24, 2.45) is 0 Å². The highest BCUT2D eigenvalue weighted by molar-refractivity contribution is 6.33. The van der Waals surface area contributed by atoms with E-state index in [0.29, 0.717) is 6.54 Å². The predicted octanol–water partition coefficient (Wildman–Crippen LogP) is 2.81. The second-order valence-corrected chi connectivity index (χ2v) is 4.18. The van der Waals surface area contributed by atoms with Gasteiger partial charge in [-0.3, -0.25) is 4.79 Å². The highest BCUT2D eigenvalue weighted by Crippen LogP contribution is 2.22. The van der Waals surface area contributed by atoms with Gasteiger partial charge >= 0.3 is 12.0 Å². The third-order valence-corrected chi connectivity index (χ3v) is 2.76. The average molecular weight is 289 g/mol. The summed E-state index contributed by atoms with van der Waals surface area (Å²) in [7, 11) is 0. The molecule has 104 valence electrons. The summed E-state index contributed by atoms with van der Waals surface area (Å²) in [5.74, 6) is -1.51. The Morgan fingerprint density at radius 2 is 2.16 bits per heavy atom. The van der Waals surface area contributed by atoms with Crippen molar-refractivity contribution in [1.29, 1.82) is 0 Å². The first-order valence-electron chi connectivity index (χ1n) is 5.66. The van der Waals surface area contributed by atoms with Crippen LogP contribution in [-0.2, 0) is 4.79 Å². The van der Waals surface area contributed by atoms with Gasteiger partial charge in [-0.1, -0.05) is 11.6 Å². The first-order valence-corrected chi connectivity index (χ1v) is 6.04. The number of carboxylic acid groups (broad SMARTS) is 1. The minimum atomic E-state index is -0.991. The summed E-state index contributed by atoms with van der Waals surface area (Å²) in [6.45, 7) is 2.13. The monoisotopic (exact) mass is 288 g/mol. The van der Waals surface area contributed by atoms with Gasteiger partial charge in [0.2, 0.25) is 0 Å². The Labute approximate surface area is 115 Å². The van der Waals surface area contributed by atoms with Crippen LogP contribution in [-0.4, -0.2) is 35.1 Å². The van der Waals surface area contributed by atoms with E-state index in [1.807, 2.05) is 0 Å². The van der Waals surface area contributed by atoms with Gasteiger partial charge < -0.3 is 15.3 Å². The Kier molecular flexibility index (Phi) is 5.57. The molecule has 1 aromatic carbocycles. The number of hydrogen-bond donors (Lipinski definition) is 2. The molecule has 0 bridgehead atoms. The molecule has 0 aliphatic rings. The van der Waals surface area contributed by atoms with Gasteiger partial charge in [0.05, 0.1) is 17.1 Å². The highest BCUT2D eigenvalue weighted by atomic mass is 35.5. The number of halogens is 2. The number of rotatable bonds is 5. The lowest BCUT2D eigenvalue weighted by molar-refractivity contribution is -0.137. The number of nitrogens with zero attached hydrogens (tertiary/aromatic N) is 1. The molecular weight excluding hydrogens is 275 g/mol. The largest absolute Gasteiger partial charge is 0.481 e. The number of aliphatic carboxylic acids is 1. The summed E-state index contributed by atoms with van der Waals surface area (Å²) in [5, 5.41) is 11.2. The van der Waals surface area contributed by atoms with E-state index in [9.17, 15) is 14.0 Å². The molecule has 0 radical (unpaired) electrons. The number of carbonyl (C=O) groups is 2. The zero-order valence-corrected chi connectivity index (χ0v) is 11.1. The molecule has 5 nitrogen and oxygen atoms in total. The fraction of sp³-hybridized carbons (Fsp3) is 0.333. The van der Waals surface area contributed by atoms with Crippen LogP contribution in [0, 0.1) is 5.82 Å². The fourth-order valence-electron chi connectivity index (χ4n) is 1.42. The van der Waals surface area contributed by atoms with Crippen molar-refractivity contribution in [2.45, 2.75) is 13.3 Å². The maximum Gasteiger partial charge on any atom is 0.321 e. The molecule has 1 aromatic rings. The summed E-state index contributed by atoms with van der Waals surface area (Å²) in [4.78, 5) is 23.6. The number of amides is 2. The van der Waals surface area contributed by atoms with Crippen molar-refractivity contribution in [3.63, 3.8) is 0 Å². The van der Waals surface area contributed by atoms with Gasteiger partial charge in [0.1, 0.15) is 5.82 Å². The van der Waals surface area contributed by atoms with Crippen molar-refractivity contribution in [2.75, 3.05) is 18.4 Å². The van der Waals surface area contributed by atoms with E-state index in [-0.39, 0.29) is 23.7 Å². The third-order valence-electron chi connectivity index (χ3n) is 2.43. The molecule has 0 saturated carbocycles. The SMILES string of the molecule is CCN(CCC(=O)O)C(=O)Nc1cc(F)ccc1Cl. The summed E-state index contributed by atoms with van der Waals surface area (Å²) in [5.41, 5.74) is 0.153. The van der Waals surface area contributed by atoms with E-state index < -0.39 is 17.8 Å². The molecule has 0 saturated heterocycles. The zero-order valence-electron chi connectivity index (χ0n) is 10.3. The zero-order chi connectivity index (χ0) is 14.4. The van der Waals surface area contributed by atoms with Crippen LogP contribution in [0.5, 0.6) is 0 Å². The predicted molar refractivity (Wildman–Crippen MR) is 69.9 cm³/mol. The number of anilines is 1. The Bertz CT molecular complexity index is 482. The normalized spacial score (nSPS) is 10.1. The number of hydrogen-bond acceptors (Lipinski definition) is 2. The molecule has 1 rings (SSSR count). The smallest absolute Gasteiger partial charge is 0.321 e. The topological polar surface area (TPSA) is 69.6 Å². The third kappa shape index (κ3) is 4.75. The maximum atomic E-state index is 13.0. The van der Waals surface area contributed by atoms with E-state index in [4.69, 9.17) is 16.7 Å². The van der Waals surface area contributed by atoms with Crippen LogP contribution in [0.25, 0.3) is 0 Å². The second kappa shape index (κ2) is 6.94. The summed E-state index contributed by atoms with van der Waals surface area (Å²) >= 11 is 5.82. The van der Waals surface area contributed by atoms with Gasteiger partial charge in [-0.15, -0.1) is 0 Å². The van der Waals surface area contributed by atoms with Crippen molar-refractivity contribution in [1.82, 2.24) is 4.90 Å². The lowest BCUT2D eigenvalue weighted by Gasteiger charge is -2.20. The van der Waals surface area contributed by atoms with Gasteiger partial charge in [-0.05, 0) is 25.1 Å². The van der Waals surface area contributed by atoms with E-state index in [1.54, 1.807) is 6.92 Å². The Hall–Kier alpha value is -1.82. The van der Waals surface area contributed by atoms with Gasteiger partial charge in [0.25, 0.3) is 0 Å². The number of carboxylic acids is 1. The van der Waals surface area contributed by atoms with Crippen LogP contribution in [0.2, 0.25) is 5.02 Å². The van der Waals surface area contributed by atoms with Gasteiger partial charge in [-0.25, -0.2) is 9.18 Å². The minimum Gasteiger partial charge on any atom is -0.481 e. The Balaban J connectivity index is 2.71. The van der Waals surface area contributed by atoms with Crippen LogP contribution >= 0.6 is 11.6 Å². The molecule has 0 aromatic heterocycles. The molecule has 0 unspecified atom stereocenters. The molecule has 0 spiro atoms. The highest BCUT2D eigenvalue weighted by Gasteiger charge is 2.14. The molecule has 0 aliphatic carbocycles. The van der Waals surface area contributed by atoms with Crippen LogP contribution < -0.4 is 5.32 Å². The van der Waals surface area contributed by atoms with Crippen LogP contribution in [0.1, 0.15) is 13.3 Å². The minimum absolute atomic E-state index is 0.0740. The molecule has 19 heavy (non-hydrogen) atoms. The Morgan fingerprint density at radius 1 is 1.47 bits per heavy atom. The van der Waals surface area contributed by atoms with E-state index in [2.05, 4.69) is 5.32 Å². The van der Waals surface area contributed by atoms with Crippen LogP contribution in [0.3, 0.4) is 0 Å². The lowest BCUT2D eigenvalue weighted by Crippen LogP contribution is -2.36. The van der Waals surface area contributed by atoms with Crippen molar-refractivity contribution in [3.05, 3.63) is 29.0 Å². The number of nitrogens with one attached hydrogen (secondary N) is 1. The standard InChI is InChI=1S/C12H14ClFN2O3/c1-2-16(6-5-11(17)18)12(19)15-10-7-8(14)3-4-9(10)13/h3-4,7H,2,5-6H2,1H3,(H,15,19)(H,17,18). The fourth-order valence-corrected chi connectivity index (χ4v) is 1.59. The number of carbonyl (C=O) groups excluding carboxylic acids is 1. The average Bonchev–Trinajstić information content (AvgIpc) is 2.34. The molecule has 2 N–H and O–H groups in total. The van der Waals surface area contributed by atoms with Crippen molar-refractivity contribution >= 4 is 29.3 Å². The Morgan fingerprint density at radius 3 is 2.74 bits per heavy atom. The van der Waals surface area contributed by atoms with E-state index >= 15 is 0 Å². The maximum absolute atomic E-state index is 13.0. The number of urea groups is 1. The van der Waals surface area contributed by atoms with Crippen molar-refractivity contribution in [3.8, 4) is 0 Å². The number of benzene rings is 1. The molecule has 0 aliphatic heterocycles. The second-order valence-electron chi connectivity index (χ2n) is 3.78. The summed E-state index contributed by atoms with van der Waals surface area (Å²) in [6.07, 6.45) is -0.155. The molecule has 0 heterocycles. The summed E-state index contributed by atoms with van der Waals surface area (Å²) < 4.78 is 13.0. The van der Waals surface area contributed by atoms with Gasteiger partial charge in [-0.2, -0.15) is 0 Å². The van der Waals surface area contributed by atoms with E-state index in [0.717, 1.165) is 6.07 Å². The van der Waals surface area contributed by atoms with Crippen LogP contribution in [0.4, 0.5) is 14.9 Å². The first kappa shape index (κ1) is 15.2. The van der Waals surface area contributed by atoms with Crippen LogP contribution in [0.15, 0.2) is 18.2 Å². The van der Waals surface area contributed by atoms with Gasteiger partial charge in [0.15, 0.2) is 0 Å². The quantitative estimate of drug-likeness (QED) is 0.875. The van der Waals surface area contributed by atoms with E-state index in [1.165, 1.54) is 17.0 Å². The lowest BCUT2D eigenvalue weighted by atomic mass is 10.3. The molecule has 2 amide bonds. The van der Waals surface area contributed by atoms with Crippen molar-refractivity contribution < 1.29 is 19.1 Å².